The Balaban J connectivity index is 0.00000144. The molecule has 2 aromatic rings. The third-order valence-corrected chi connectivity index (χ3v) is 4.23. The predicted octanol–water partition coefficient (Wildman–Crippen LogP) is 3.08. The molecule has 0 unspecified atom stereocenters. The van der Waals surface area contributed by atoms with Gasteiger partial charge in [0.2, 0.25) is 5.91 Å². The Bertz CT molecular complexity index is 704. The van der Waals surface area contributed by atoms with Crippen LogP contribution in [0.1, 0.15) is 37.9 Å². The molecule has 8 heteroatoms. The van der Waals surface area contributed by atoms with Gasteiger partial charge in [0, 0.05) is 30.8 Å². The molecule has 0 saturated carbocycles. The Kier molecular flexibility index (Phi) is 7.20. The van der Waals surface area contributed by atoms with Gasteiger partial charge in [0.15, 0.2) is 0 Å². The molecule has 24 heavy (non-hydrogen) atoms. The SMILES string of the molecule is C[C@@H]1CCC[C@H](N)c2cc(ccn2)-c2c(cnn2C)NC1=O.Cl.Cl. The van der Waals surface area contributed by atoms with E-state index in [1.54, 1.807) is 17.1 Å². The van der Waals surface area contributed by atoms with Crippen molar-refractivity contribution in [3.05, 3.63) is 30.2 Å². The molecule has 6 nitrogen and oxygen atoms in total. The number of nitrogens with zero attached hydrogens (tertiary/aromatic N) is 3. The first-order chi connectivity index (χ1) is 10.6. The van der Waals surface area contributed by atoms with Crippen LogP contribution in [-0.4, -0.2) is 20.7 Å². The number of nitrogens with one attached hydrogen (secondary N) is 1. The Morgan fingerprint density at radius 2 is 2.08 bits per heavy atom. The van der Waals surface area contributed by atoms with Crippen LogP contribution in [0.2, 0.25) is 0 Å². The van der Waals surface area contributed by atoms with E-state index in [-0.39, 0.29) is 42.7 Å². The Morgan fingerprint density at radius 1 is 1.33 bits per heavy atom. The van der Waals surface area contributed by atoms with Crippen molar-refractivity contribution in [1.82, 2.24) is 14.8 Å². The first-order valence-corrected chi connectivity index (χ1v) is 7.61. The van der Waals surface area contributed by atoms with Crippen LogP contribution in [0.15, 0.2) is 24.5 Å². The summed E-state index contributed by atoms with van der Waals surface area (Å²) >= 11 is 0. The number of amides is 1. The predicted molar refractivity (Wildman–Crippen MR) is 99.5 cm³/mol. The van der Waals surface area contributed by atoms with Crippen molar-refractivity contribution in [2.75, 3.05) is 5.32 Å². The lowest BCUT2D eigenvalue weighted by atomic mass is 9.97. The number of aromatic nitrogens is 3. The summed E-state index contributed by atoms with van der Waals surface area (Å²) in [6, 6.07) is 3.80. The van der Waals surface area contributed by atoms with Gasteiger partial charge in [-0.05, 0) is 25.0 Å². The standard InChI is InChI=1S/C16H21N5O.2ClH/c1-10-4-3-5-12(17)13-8-11(6-7-18-13)15-14(20-16(10)22)9-19-21(15)2;;/h6-10,12H,3-5,17H2,1-2H3,(H,20,22);2*1H/t10-,12+;;/m1../s1. The van der Waals surface area contributed by atoms with E-state index in [1.165, 1.54) is 0 Å². The Labute approximate surface area is 154 Å². The van der Waals surface area contributed by atoms with Crippen molar-refractivity contribution in [3.8, 4) is 11.3 Å². The smallest absolute Gasteiger partial charge is 0.227 e. The molecule has 3 N–H and O–H groups in total. The molecule has 3 heterocycles. The summed E-state index contributed by atoms with van der Waals surface area (Å²) in [6.07, 6.45) is 5.99. The first kappa shape index (κ1) is 20.4. The highest BCUT2D eigenvalue weighted by Gasteiger charge is 2.20. The molecule has 0 spiro atoms. The molecule has 0 aliphatic carbocycles. The first-order valence-electron chi connectivity index (χ1n) is 7.61. The maximum Gasteiger partial charge on any atom is 0.227 e. The summed E-state index contributed by atoms with van der Waals surface area (Å²) in [6.45, 7) is 1.94. The summed E-state index contributed by atoms with van der Waals surface area (Å²) in [4.78, 5) is 16.7. The molecular formula is C16H23Cl2N5O. The number of aryl methyl sites for hydroxylation is 1. The number of carbonyl (C=O) groups is 1. The van der Waals surface area contributed by atoms with Crippen LogP contribution in [-0.2, 0) is 11.8 Å². The van der Waals surface area contributed by atoms with Gasteiger partial charge in [-0.2, -0.15) is 5.10 Å². The summed E-state index contributed by atoms with van der Waals surface area (Å²) in [5.74, 6) is -0.0244. The minimum atomic E-state index is -0.105. The third kappa shape index (κ3) is 4.06. The quantitative estimate of drug-likeness (QED) is 0.744. The number of rotatable bonds is 0. The van der Waals surface area contributed by atoms with Gasteiger partial charge in [0.05, 0.1) is 23.3 Å². The molecule has 0 aromatic carbocycles. The molecule has 0 saturated heterocycles. The van der Waals surface area contributed by atoms with Crippen molar-refractivity contribution in [2.24, 2.45) is 18.7 Å². The van der Waals surface area contributed by atoms with Gasteiger partial charge < -0.3 is 11.1 Å². The number of halogens is 2. The van der Waals surface area contributed by atoms with Crippen molar-refractivity contribution >= 4 is 36.4 Å². The lowest BCUT2D eigenvalue weighted by molar-refractivity contribution is -0.119. The maximum absolute atomic E-state index is 12.3. The fourth-order valence-electron chi connectivity index (χ4n) is 2.85. The Morgan fingerprint density at radius 3 is 2.83 bits per heavy atom. The van der Waals surface area contributed by atoms with E-state index in [4.69, 9.17) is 5.73 Å². The van der Waals surface area contributed by atoms with Gasteiger partial charge in [-0.1, -0.05) is 13.3 Å². The Hall–Kier alpha value is -1.63. The molecule has 1 aliphatic rings. The average molecular weight is 372 g/mol. The number of hydrogen-bond donors (Lipinski definition) is 2. The molecule has 0 radical (unpaired) electrons. The largest absolute Gasteiger partial charge is 0.323 e. The van der Waals surface area contributed by atoms with E-state index in [9.17, 15) is 4.79 Å². The topological polar surface area (TPSA) is 85.8 Å². The monoisotopic (exact) mass is 371 g/mol. The highest BCUT2D eigenvalue weighted by Crippen LogP contribution is 2.30. The van der Waals surface area contributed by atoms with Crippen molar-refractivity contribution in [1.29, 1.82) is 0 Å². The van der Waals surface area contributed by atoms with Crippen molar-refractivity contribution < 1.29 is 4.79 Å². The zero-order chi connectivity index (χ0) is 15.7. The number of hydrogen-bond acceptors (Lipinski definition) is 4. The fraction of sp³-hybridized carbons (Fsp3) is 0.438. The van der Waals surface area contributed by atoms with Crippen LogP contribution in [0.3, 0.4) is 0 Å². The number of carbonyl (C=O) groups excluding carboxylic acids is 1. The van der Waals surface area contributed by atoms with E-state index >= 15 is 0 Å². The second kappa shape index (κ2) is 8.46. The second-order valence-corrected chi connectivity index (χ2v) is 5.93. The molecule has 2 aromatic heterocycles. The minimum absolute atomic E-state index is 0. The van der Waals surface area contributed by atoms with Crippen LogP contribution in [0.5, 0.6) is 0 Å². The summed E-state index contributed by atoms with van der Waals surface area (Å²) in [5, 5.41) is 7.27. The lowest BCUT2D eigenvalue weighted by Gasteiger charge is -2.17. The minimum Gasteiger partial charge on any atom is -0.323 e. The molecule has 0 fully saturated rings. The zero-order valence-electron chi connectivity index (χ0n) is 13.7. The number of pyridine rings is 1. The van der Waals surface area contributed by atoms with Crippen LogP contribution in [0, 0.1) is 5.92 Å². The molecule has 1 amide bonds. The second-order valence-electron chi connectivity index (χ2n) is 5.93. The van der Waals surface area contributed by atoms with Gasteiger partial charge in [0.25, 0.3) is 0 Å². The number of anilines is 1. The highest BCUT2D eigenvalue weighted by molar-refractivity contribution is 5.95. The van der Waals surface area contributed by atoms with Crippen LogP contribution < -0.4 is 11.1 Å². The van der Waals surface area contributed by atoms with E-state index in [0.29, 0.717) is 0 Å². The van der Waals surface area contributed by atoms with E-state index in [1.807, 2.05) is 26.1 Å². The van der Waals surface area contributed by atoms with Gasteiger partial charge in [-0.15, -0.1) is 24.8 Å². The molecular weight excluding hydrogens is 349 g/mol. The molecule has 132 valence electrons. The van der Waals surface area contributed by atoms with Crippen LogP contribution >= 0.6 is 24.8 Å². The molecule has 3 rings (SSSR count). The zero-order valence-corrected chi connectivity index (χ0v) is 15.4. The van der Waals surface area contributed by atoms with Gasteiger partial charge in [0.1, 0.15) is 0 Å². The van der Waals surface area contributed by atoms with Crippen LogP contribution in [0.25, 0.3) is 11.3 Å². The van der Waals surface area contributed by atoms with Crippen molar-refractivity contribution in [3.63, 3.8) is 0 Å². The van der Waals surface area contributed by atoms with Crippen molar-refractivity contribution in [2.45, 2.75) is 32.2 Å². The summed E-state index contributed by atoms with van der Waals surface area (Å²) in [7, 11) is 1.86. The fourth-order valence-corrected chi connectivity index (χ4v) is 2.85. The molecule has 2 bridgehead atoms. The molecule has 2 atom stereocenters. The third-order valence-electron chi connectivity index (χ3n) is 4.23. The highest BCUT2D eigenvalue weighted by atomic mass is 35.5. The van der Waals surface area contributed by atoms with Gasteiger partial charge in [-0.3, -0.25) is 14.5 Å². The maximum atomic E-state index is 12.3. The van der Waals surface area contributed by atoms with E-state index in [0.717, 1.165) is 41.9 Å². The number of fused-ring (bicyclic) bond motifs is 4. The summed E-state index contributed by atoms with van der Waals surface area (Å²) < 4.78 is 1.76. The van der Waals surface area contributed by atoms with E-state index < -0.39 is 0 Å². The average Bonchev–Trinajstić information content (AvgIpc) is 2.87. The van der Waals surface area contributed by atoms with Crippen LogP contribution in [0.4, 0.5) is 5.69 Å². The van der Waals surface area contributed by atoms with E-state index in [2.05, 4.69) is 15.4 Å². The number of nitrogens with two attached hydrogens (primary N) is 1. The van der Waals surface area contributed by atoms with Gasteiger partial charge in [-0.25, -0.2) is 0 Å². The lowest BCUT2D eigenvalue weighted by Crippen LogP contribution is -2.21. The summed E-state index contributed by atoms with van der Waals surface area (Å²) in [5.41, 5.74) is 9.69. The normalized spacial score (nSPS) is 20.4. The van der Waals surface area contributed by atoms with Gasteiger partial charge >= 0.3 is 0 Å². The molecule has 1 aliphatic heterocycles.